The minimum atomic E-state index is -0.131. The quantitative estimate of drug-likeness (QED) is 0.712. The number of H-pyrrole nitrogens is 1. The number of aromatic amines is 1. The third-order valence-electron chi connectivity index (χ3n) is 5.70. The van der Waals surface area contributed by atoms with E-state index in [9.17, 15) is 9.59 Å². The molecule has 0 spiro atoms. The van der Waals surface area contributed by atoms with E-state index in [1.807, 2.05) is 12.1 Å². The van der Waals surface area contributed by atoms with Crippen molar-refractivity contribution in [3.8, 4) is 0 Å². The second-order valence-electron chi connectivity index (χ2n) is 7.53. The van der Waals surface area contributed by atoms with Gasteiger partial charge in [-0.15, -0.1) is 0 Å². The zero-order chi connectivity index (χ0) is 19.7. The molecule has 0 saturated carbocycles. The molecule has 0 bridgehead atoms. The number of anilines is 1. The van der Waals surface area contributed by atoms with Gasteiger partial charge in [-0.3, -0.25) is 14.5 Å². The number of hydrogen-bond donors (Lipinski definition) is 1. The highest BCUT2D eigenvalue weighted by molar-refractivity contribution is 6.00. The molecule has 144 valence electrons. The van der Waals surface area contributed by atoms with Crippen LogP contribution in [-0.2, 0) is 0 Å². The van der Waals surface area contributed by atoms with Crippen molar-refractivity contribution in [1.82, 2.24) is 9.88 Å². The monoisotopic (exact) mass is 375 g/mol. The van der Waals surface area contributed by atoms with Crippen LogP contribution in [0, 0.1) is 13.8 Å². The van der Waals surface area contributed by atoms with Crippen molar-refractivity contribution in [2.75, 3.05) is 37.6 Å². The van der Waals surface area contributed by atoms with E-state index in [1.54, 1.807) is 12.1 Å². The molecule has 1 fully saturated rings. The van der Waals surface area contributed by atoms with Gasteiger partial charge in [0, 0.05) is 49.0 Å². The number of hydrogen-bond acceptors (Lipinski definition) is 4. The number of Topliss-reactive ketones (excluding diaryl/α,β-unsaturated/α-hetero) is 1. The van der Waals surface area contributed by atoms with Gasteiger partial charge in [-0.2, -0.15) is 0 Å². The SMILES string of the molecule is Cc1cccc(N2CCN(CC(=O)c3ccc4[nH]c(=O)ccc4c3)CC2)c1C. The highest BCUT2D eigenvalue weighted by Gasteiger charge is 2.21. The van der Waals surface area contributed by atoms with Gasteiger partial charge in [0.15, 0.2) is 5.78 Å². The zero-order valence-corrected chi connectivity index (χ0v) is 16.4. The summed E-state index contributed by atoms with van der Waals surface area (Å²) >= 11 is 0. The van der Waals surface area contributed by atoms with Gasteiger partial charge in [-0.25, -0.2) is 0 Å². The summed E-state index contributed by atoms with van der Waals surface area (Å²) in [4.78, 5) is 31.6. The Hall–Kier alpha value is -2.92. The molecule has 4 rings (SSSR count). The third kappa shape index (κ3) is 3.71. The van der Waals surface area contributed by atoms with Crippen molar-refractivity contribution in [3.05, 3.63) is 75.6 Å². The number of carbonyl (C=O) groups excluding carboxylic acids is 1. The average Bonchev–Trinajstić information content (AvgIpc) is 2.70. The van der Waals surface area contributed by atoms with E-state index in [2.05, 4.69) is 46.8 Å². The molecule has 1 aliphatic rings. The number of benzene rings is 2. The van der Waals surface area contributed by atoms with E-state index in [0.717, 1.165) is 37.1 Å². The van der Waals surface area contributed by atoms with Crippen LogP contribution in [0.2, 0.25) is 0 Å². The van der Waals surface area contributed by atoms with E-state index in [0.29, 0.717) is 12.1 Å². The summed E-state index contributed by atoms with van der Waals surface area (Å²) in [7, 11) is 0. The Morgan fingerprint density at radius 1 is 1.00 bits per heavy atom. The maximum atomic E-state index is 12.7. The largest absolute Gasteiger partial charge is 0.369 e. The first-order valence-corrected chi connectivity index (χ1v) is 9.71. The number of fused-ring (bicyclic) bond motifs is 1. The molecule has 0 unspecified atom stereocenters. The molecule has 0 aliphatic carbocycles. The van der Waals surface area contributed by atoms with Crippen LogP contribution < -0.4 is 10.5 Å². The predicted octanol–water partition coefficient (Wildman–Crippen LogP) is 3.15. The molecule has 0 amide bonds. The number of ketones is 1. The van der Waals surface area contributed by atoms with Gasteiger partial charge in [0.05, 0.1) is 6.54 Å². The van der Waals surface area contributed by atoms with E-state index < -0.39 is 0 Å². The normalized spacial score (nSPS) is 15.1. The van der Waals surface area contributed by atoms with Crippen molar-refractivity contribution in [1.29, 1.82) is 0 Å². The topological polar surface area (TPSA) is 56.4 Å². The van der Waals surface area contributed by atoms with Crippen LogP contribution in [0.5, 0.6) is 0 Å². The number of carbonyl (C=O) groups is 1. The molecule has 0 radical (unpaired) electrons. The van der Waals surface area contributed by atoms with Gasteiger partial charge in [-0.1, -0.05) is 12.1 Å². The molecule has 1 N–H and O–H groups in total. The summed E-state index contributed by atoms with van der Waals surface area (Å²) in [6.45, 7) is 8.35. The maximum Gasteiger partial charge on any atom is 0.248 e. The number of nitrogens with zero attached hydrogens (tertiary/aromatic N) is 2. The Labute approximate surface area is 164 Å². The van der Waals surface area contributed by atoms with E-state index in [-0.39, 0.29) is 11.3 Å². The van der Waals surface area contributed by atoms with Crippen molar-refractivity contribution in [2.45, 2.75) is 13.8 Å². The molecular formula is C23H25N3O2. The van der Waals surface area contributed by atoms with Gasteiger partial charge in [-0.05, 0) is 60.7 Å². The molecule has 2 aromatic carbocycles. The number of pyridine rings is 1. The van der Waals surface area contributed by atoms with Gasteiger partial charge < -0.3 is 9.88 Å². The van der Waals surface area contributed by atoms with Gasteiger partial charge >= 0.3 is 0 Å². The van der Waals surface area contributed by atoms with Crippen LogP contribution in [0.3, 0.4) is 0 Å². The minimum Gasteiger partial charge on any atom is -0.369 e. The first-order valence-electron chi connectivity index (χ1n) is 9.71. The number of rotatable bonds is 4. The van der Waals surface area contributed by atoms with E-state index in [1.165, 1.54) is 22.9 Å². The smallest absolute Gasteiger partial charge is 0.248 e. The lowest BCUT2D eigenvalue weighted by atomic mass is 10.1. The van der Waals surface area contributed by atoms with Crippen molar-refractivity contribution in [3.63, 3.8) is 0 Å². The fourth-order valence-corrected chi connectivity index (χ4v) is 3.85. The molecule has 1 aromatic heterocycles. The molecule has 1 aliphatic heterocycles. The Kier molecular flexibility index (Phi) is 5.01. The number of piperazine rings is 1. The highest BCUT2D eigenvalue weighted by Crippen LogP contribution is 2.24. The van der Waals surface area contributed by atoms with Gasteiger partial charge in [0.25, 0.3) is 0 Å². The Bertz CT molecular complexity index is 1080. The summed E-state index contributed by atoms with van der Waals surface area (Å²) in [5.41, 5.74) is 5.26. The summed E-state index contributed by atoms with van der Waals surface area (Å²) in [5, 5.41) is 0.880. The standard InChI is InChI=1S/C23H25N3O2/c1-16-4-3-5-21(17(16)2)26-12-10-25(11-13-26)15-22(27)19-6-8-20-18(14-19)7-9-23(28)24-20/h3-9,14H,10-13,15H2,1-2H3,(H,24,28). The second kappa shape index (κ2) is 7.60. The van der Waals surface area contributed by atoms with Crippen LogP contribution >= 0.6 is 0 Å². The lowest BCUT2D eigenvalue weighted by Gasteiger charge is -2.36. The second-order valence-corrected chi connectivity index (χ2v) is 7.53. The van der Waals surface area contributed by atoms with E-state index >= 15 is 0 Å². The van der Waals surface area contributed by atoms with Crippen molar-refractivity contribution >= 4 is 22.4 Å². The van der Waals surface area contributed by atoms with Gasteiger partial charge in [0.2, 0.25) is 5.56 Å². The predicted molar refractivity (Wildman–Crippen MR) is 113 cm³/mol. The molecule has 2 heterocycles. The van der Waals surface area contributed by atoms with Crippen LogP contribution in [-0.4, -0.2) is 48.4 Å². The Balaban J connectivity index is 1.40. The van der Waals surface area contributed by atoms with Crippen LogP contribution in [0.25, 0.3) is 10.9 Å². The molecule has 5 nitrogen and oxygen atoms in total. The fraction of sp³-hybridized carbons (Fsp3) is 0.304. The number of aryl methyl sites for hydroxylation is 1. The molecule has 28 heavy (non-hydrogen) atoms. The molecular weight excluding hydrogens is 350 g/mol. The first kappa shape index (κ1) is 18.4. The van der Waals surface area contributed by atoms with Crippen LogP contribution in [0.4, 0.5) is 5.69 Å². The number of aromatic nitrogens is 1. The lowest BCUT2D eigenvalue weighted by Crippen LogP contribution is -2.48. The number of nitrogens with one attached hydrogen (secondary N) is 1. The van der Waals surface area contributed by atoms with Gasteiger partial charge in [0.1, 0.15) is 0 Å². The summed E-state index contributed by atoms with van der Waals surface area (Å²) in [5.74, 6) is 0.119. The maximum absolute atomic E-state index is 12.7. The molecule has 5 heteroatoms. The molecule has 1 saturated heterocycles. The first-order chi connectivity index (χ1) is 13.5. The fourth-order valence-electron chi connectivity index (χ4n) is 3.85. The average molecular weight is 375 g/mol. The van der Waals surface area contributed by atoms with Crippen LogP contribution in [0.15, 0.2) is 53.3 Å². The highest BCUT2D eigenvalue weighted by atomic mass is 16.1. The van der Waals surface area contributed by atoms with E-state index in [4.69, 9.17) is 0 Å². The zero-order valence-electron chi connectivity index (χ0n) is 16.4. The summed E-state index contributed by atoms with van der Waals surface area (Å²) in [6, 6.07) is 15.2. The minimum absolute atomic E-state index is 0.119. The molecule has 3 aromatic rings. The Morgan fingerprint density at radius 2 is 1.79 bits per heavy atom. The third-order valence-corrected chi connectivity index (χ3v) is 5.70. The van der Waals surface area contributed by atoms with Crippen molar-refractivity contribution < 1.29 is 4.79 Å². The summed E-state index contributed by atoms with van der Waals surface area (Å²) in [6.07, 6.45) is 0. The lowest BCUT2D eigenvalue weighted by molar-refractivity contribution is 0.0926. The Morgan fingerprint density at radius 3 is 2.57 bits per heavy atom. The van der Waals surface area contributed by atoms with Crippen LogP contribution in [0.1, 0.15) is 21.5 Å². The molecule has 0 atom stereocenters. The van der Waals surface area contributed by atoms with Crippen molar-refractivity contribution in [2.24, 2.45) is 0 Å². The summed E-state index contributed by atoms with van der Waals surface area (Å²) < 4.78 is 0.